The van der Waals surface area contributed by atoms with Gasteiger partial charge in [-0.2, -0.15) is 0 Å². The number of unbranched alkanes of at least 4 members (excludes halogenated alkanes) is 9. The second-order valence-electron chi connectivity index (χ2n) is 5.14. The van der Waals surface area contributed by atoms with Crippen molar-refractivity contribution in [3.63, 3.8) is 0 Å². The summed E-state index contributed by atoms with van der Waals surface area (Å²) in [5.74, 6) is 0. The van der Waals surface area contributed by atoms with E-state index in [4.69, 9.17) is 14.9 Å². The van der Waals surface area contributed by atoms with Crippen molar-refractivity contribution in [2.45, 2.75) is 84.2 Å². The predicted octanol–water partition coefficient (Wildman–Crippen LogP) is 4.24. The minimum atomic E-state index is -0.447. The molecule has 0 aromatic heterocycles. The van der Waals surface area contributed by atoms with Gasteiger partial charge in [0.05, 0.1) is 12.7 Å². The molecular formula is C15H32O3. The monoisotopic (exact) mass is 260 g/mol. The van der Waals surface area contributed by atoms with Crippen molar-refractivity contribution >= 4 is 0 Å². The summed E-state index contributed by atoms with van der Waals surface area (Å²) in [6.07, 6.45) is 12.8. The van der Waals surface area contributed by atoms with Crippen molar-refractivity contribution in [2.24, 2.45) is 0 Å². The zero-order valence-electron chi connectivity index (χ0n) is 12.3. The van der Waals surface area contributed by atoms with Crippen molar-refractivity contribution in [1.29, 1.82) is 0 Å². The molecule has 0 saturated carbocycles. The molecule has 0 aliphatic heterocycles. The van der Waals surface area contributed by atoms with Crippen molar-refractivity contribution in [1.82, 2.24) is 0 Å². The highest BCUT2D eigenvalue weighted by Crippen LogP contribution is 2.10. The van der Waals surface area contributed by atoms with E-state index in [9.17, 15) is 0 Å². The Morgan fingerprint density at radius 1 is 0.778 bits per heavy atom. The average molecular weight is 260 g/mol. The number of aliphatic hydroxyl groups excluding tert-OH is 1. The maximum absolute atomic E-state index is 8.92. The van der Waals surface area contributed by atoms with E-state index in [1.807, 2.05) is 0 Å². The molecule has 0 bridgehead atoms. The van der Waals surface area contributed by atoms with Crippen LogP contribution >= 0.6 is 0 Å². The van der Waals surface area contributed by atoms with E-state index in [2.05, 4.69) is 6.92 Å². The van der Waals surface area contributed by atoms with Crippen LogP contribution in [0.5, 0.6) is 0 Å². The smallest absolute Gasteiger partial charge is 0.108 e. The summed E-state index contributed by atoms with van der Waals surface area (Å²) in [5.41, 5.74) is 0. The summed E-state index contributed by atoms with van der Waals surface area (Å²) in [4.78, 5) is 9.78. The highest BCUT2D eigenvalue weighted by atomic mass is 17.2. The van der Waals surface area contributed by atoms with E-state index in [1.54, 1.807) is 6.92 Å². The number of aliphatic hydroxyl groups is 1. The largest absolute Gasteiger partial charge is 0.391 e. The number of rotatable bonds is 14. The Bertz CT molecular complexity index is 149. The molecule has 0 fully saturated rings. The van der Waals surface area contributed by atoms with Gasteiger partial charge in [0.15, 0.2) is 0 Å². The third-order valence-electron chi connectivity index (χ3n) is 2.97. The lowest BCUT2D eigenvalue weighted by molar-refractivity contribution is -0.304. The van der Waals surface area contributed by atoms with E-state index in [1.165, 1.54) is 57.8 Å². The summed E-state index contributed by atoms with van der Waals surface area (Å²) >= 11 is 0. The third kappa shape index (κ3) is 15.9. The maximum Gasteiger partial charge on any atom is 0.108 e. The van der Waals surface area contributed by atoms with E-state index >= 15 is 0 Å². The number of hydrogen-bond acceptors (Lipinski definition) is 3. The quantitative estimate of drug-likeness (QED) is 0.288. The first-order valence-electron chi connectivity index (χ1n) is 7.69. The molecule has 0 aliphatic rings. The SMILES string of the molecule is CCCCCCCCCCCCOOCC(C)O. The molecule has 1 atom stereocenters. The zero-order valence-corrected chi connectivity index (χ0v) is 12.3. The van der Waals surface area contributed by atoms with Gasteiger partial charge in [-0.3, -0.25) is 0 Å². The highest BCUT2D eigenvalue weighted by molar-refractivity contribution is 4.47. The predicted molar refractivity (Wildman–Crippen MR) is 75.4 cm³/mol. The van der Waals surface area contributed by atoms with E-state index < -0.39 is 6.10 Å². The Morgan fingerprint density at radius 3 is 1.78 bits per heavy atom. The fraction of sp³-hybridized carbons (Fsp3) is 1.00. The van der Waals surface area contributed by atoms with Gasteiger partial charge in [0.2, 0.25) is 0 Å². The van der Waals surface area contributed by atoms with Crippen molar-refractivity contribution in [3.05, 3.63) is 0 Å². The van der Waals surface area contributed by atoms with Crippen LogP contribution in [0.2, 0.25) is 0 Å². The molecule has 0 aliphatic carbocycles. The summed E-state index contributed by atoms with van der Waals surface area (Å²) < 4.78 is 0. The summed E-state index contributed by atoms with van der Waals surface area (Å²) in [7, 11) is 0. The molecule has 0 saturated heterocycles. The Morgan fingerprint density at radius 2 is 1.28 bits per heavy atom. The zero-order chi connectivity index (χ0) is 13.5. The van der Waals surface area contributed by atoms with Crippen LogP contribution in [0, 0.1) is 0 Å². The first-order chi connectivity index (χ1) is 8.77. The Hall–Kier alpha value is -0.120. The van der Waals surface area contributed by atoms with Gasteiger partial charge in [-0.25, -0.2) is 9.78 Å². The fourth-order valence-electron chi connectivity index (χ4n) is 1.85. The van der Waals surface area contributed by atoms with E-state index in [0.717, 1.165) is 6.42 Å². The lowest BCUT2D eigenvalue weighted by atomic mass is 10.1. The van der Waals surface area contributed by atoms with Gasteiger partial charge in [0.1, 0.15) is 6.61 Å². The van der Waals surface area contributed by atoms with Crippen LogP contribution in [0.15, 0.2) is 0 Å². The molecule has 0 spiro atoms. The van der Waals surface area contributed by atoms with Gasteiger partial charge in [0.25, 0.3) is 0 Å². The van der Waals surface area contributed by atoms with Gasteiger partial charge >= 0.3 is 0 Å². The molecular weight excluding hydrogens is 228 g/mol. The molecule has 1 unspecified atom stereocenters. The van der Waals surface area contributed by atoms with Gasteiger partial charge in [0, 0.05) is 0 Å². The molecule has 0 aromatic rings. The minimum Gasteiger partial charge on any atom is -0.391 e. The molecule has 0 rings (SSSR count). The van der Waals surface area contributed by atoms with Gasteiger partial charge in [-0.15, -0.1) is 0 Å². The van der Waals surface area contributed by atoms with E-state index in [0.29, 0.717) is 6.61 Å². The van der Waals surface area contributed by atoms with Crippen molar-refractivity contribution in [3.8, 4) is 0 Å². The molecule has 1 N–H and O–H groups in total. The molecule has 0 radical (unpaired) electrons. The van der Waals surface area contributed by atoms with Crippen LogP contribution in [0.1, 0.15) is 78.1 Å². The normalized spacial score (nSPS) is 12.8. The van der Waals surface area contributed by atoms with Crippen LogP contribution < -0.4 is 0 Å². The maximum atomic E-state index is 8.92. The summed E-state index contributed by atoms with van der Waals surface area (Å²) in [5, 5.41) is 8.92. The molecule has 0 aromatic carbocycles. The van der Waals surface area contributed by atoms with E-state index in [-0.39, 0.29) is 6.61 Å². The highest BCUT2D eigenvalue weighted by Gasteiger charge is 1.96. The molecule has 18 heavy (non-hydrogen) atoms. The van der Waals surface area contributed by atoms with Crippen LogP contribution in [0.4, 0.5) is 0 Å². The van der Waals surface area contributed by atoms with Gasteiger partial charge in [-0.05, 0) is 13.3 Å². The summed E-state index contributed by atoms with van der Waals surface area (Å²) in [6, 6.07) is 0. The van der Waals surface area contributed by atoms with Gasteiger partial charge in [-0.1, -0.05) is 64.7 Å². The molecule has 0 heterocycles. The van der Waals surface area contributed by atoms with Crippen LogP contribution in [-0.4, -0.2) is 24.4 Å². The summed E-state index contributed by atoms with van der Waals surface area (Å²) in [6.45, 7) is 4.85. The Balaban J connectivity index is 2.90. The standard InChI is InChI=1S/C15H32O3/c1-3-4-5-6-7-8-9-10-11-12-13-17-18-14-15(2)16/h15-16H,3-14H2,1-2H3. The second kappa shape index (κ2) is 14.9. The lowest BCUT2D eigenvalue weighted by Gasteiger charge is -2.05. The molecule has 0 amide bonds. The van der Waals surface area contributed by atoms with Crippen LogP contribution in [0.3, 0.4) is 0 Å². The Kier molecular flexibility index (Phi) is 14.8. The van der Waals surface area contributed by atoms with Crippen LogP contribution in [-0.2, 0) is 9.78 Å². The third-order valence-corrected chi connectivity index (χ3v) is 2.97. The number of hydrogen-bond donors (Lipinski definition) is 1. The molecule has 3 nitrogen and oxygen atoms in total. The average Bonchev–Trinajstić information content (AvgIpc) is 2.34. The second-order valence-corrected chi connectivity index (χ2v) is 5.14. The first kappa shape index (κ1) is 17.9. The minimum absolute atomic E-state index is 0.262. The topological polar surface area (TPSA) is 38.7 Å². The lowest BCUT2D eigenvalue weighted by Crippen LogP contribution is -2.11. The Labute approximate surface area is 113 Å². The van der Waals surface area contributed by atoms with Crippen molar-refractivity contribution in [2.75, 3.05) is 13.2 Å². The molecule has 110 valence electrons. The van der Waals surface area contributed by atoms with Crippen molar-refractivity contribution < 1.29 is 14.9 Å². The van der Waals surface area contributed by atoms with Gasteiger partial charge < -0.3 is 5.11 Å². The fourth-order valence-corrected chi connectivity index (χ4v) is 1.85. The first-order valence-corrected chi connectivity index (χ1v) is 7.69. The molecule has 3 heteroatoms. The van der Waals surface area contributed by atoms with Crippen LogP contribution in [0.25, 0.3) is 0 Å².